The number of aliphatic hydroxyl groups is 1. The Kier molecular flexibility index (Phi) is 8.16. The molecule has 2 atom stereocenters. The first-order chi connectivity index (χ1) is 19.2. The zero-order valence-corrected chi connectivity index (χ0v) is 22.9. The van der Waals surface area contributed by atoms with Crippen LogP contribution in [0.1, 0.15) is 42.6 Å². The molecule has 10 nitrogen and oxygen atoms in total. The minimum absolute atomic E-state index is 0.0855. The number of nitrogens with one attached hydrogen (secondary N) is 1. The third-order valence-corrected chi connectivity index (χ3v) is 7.62. The number of likely N-dealkylation sites (tertiary alicyclic amines) is 1. The number of ether oxygens (including phenoxy) is 1. The molecule has 0 saturated carbocycles. The van der Waals surface area contributed by atoms with E-state index < -0.39 is 58.8 Å². The van der Waals surface area contributed by atoms with Crippen LogP contribution in [0.3, 0.4) is 0 Å². The Bertz CT molecular complexity index is 1310. The summed E-state index contributed by atoms with van der Waals surface area (Å²) in [5.74, 6) is -3.29. The van der Waals surface area contributed by atoms with Crippen LogP contribution in [0.5, 0.6) is 5.88 Å². The van der Waals surface area contributed by atoms with Crippen molar-refractivity contribution in [3.63, 3.8) is 0 Å². The maximum Gasteiger partial charge on any atom is 0.416 e. The number of hydrogen-bond donors (Lipinski definition) is 2. The fourth-order valence-corrected chi connectivity index (χ4v) is 5.30. The van der Waals surface area contributed by atoms with E-state index in [0.29, 0.717) is 29.8 Å². The molecule has 222 valence electrons. The van der Waals surface area contributed by atoms with E-state index in [2.05, 4.69) is 10.3 Å². The first kappa shape index (κ1) is 30.0. The summed E-state index contributed by atoms with van der Waals surface area (Å²) in [7, 11) is 2.93. The number of aliphatic hydroxyl groups excluding tert-OH is 1. The summed E-state index contributed by atoms with van der Waals surface area (Å²) in [6.07, 6.45) is -4.29. The number of aromatic nitrogens is 1. The minimum atomic E-state index is -4.78. The molecule has 4 rings (SSSR count). The van der Waals surface area contributed by atoms with Crippen LogP contribution in [0.25, 0.3) is 0 Å². The molecule has 2 N–H and O–H groups in total. The molecule has 0 aliphatic carbocycles. The lowest BCUT2D eigenvalue weighted by Crippen LogP contribution is -2.60. The van der Waals surface area contributed by atoms with Crippen molar-refractivity contribution < 1.29 is 41.8 Å². The quantitative estimate of drug-likeness (QED) is 0.504. The highest BCUT2D eigenvalue weighted by Crippen LogP contribution is 2.41. The number of rotatable bonds is 6. The maximum atomic E-state index is 14.3. The Morgan fingerprint density at radius 1 is 1.17 bits per heavy atom. The molecule has 2 unspecified atom stereocenters. The predicted molar refractivity (Wildman–Crippen MR) is 138 cm³/mol. The summed E-state index contributed by atoms with van der Waals surface area (Å²) in [5, 5.41) is 13.3. The molecule has 2 saturated heterocycles. The van der Waals surface area contributed by atoms with E-state index >= 15 is 0 Å². The third-order valence-electron chi connectivity index (χ3n) is 7.62. The fourth-order valence-electron chi connectivity index (χ4n) is 5.30. The summed E-state index contributed by atoms with van der Waals surface area (Å²) < 4.78 is 58.8. The smallest absolute Gasteiger partial charge is 0.416 e. The molecular weight excluding hydrogens is 550 g/mol. The topological polar surface area (TPSA) is 115 Å². The Balaban J connectivity index is 1.52. The zero-order valence-electron chi connectivity index (χ0n) is 22.9. The third kappa shape index (κ3) is 5.52. The number of halogens is 4. The SMILES string of the molecule is COc1ccc(N2C(O)N(C)C(=O)C23CCN(C(=O)C(NC(=O)c2cc(C(F)(F)F)ccc2F)C(C)C)CC3)cn1. The van der Waals surface area contributed by atoms with Crippen LogP contribution in [0.2, 0.25) is 0 Å². The van der Waals surface area contributed by atoms with Crippen molar-refractivity contribution in [1.29, 1.82) is 0 Å². The molecule has 2 aromatic rings. The van der Waals surface area contributed by atoms with E-state index in [4.69, 9.17) is 4.74 Å². The first-order valence-electron chi connectivity index (χ1n) is 12.9. The Morgan fingerprint density at radius 2 is 1.83 bits per heavy atom. The van der Waals surface area contributed by atoms with Gasteiger partial charge in [-0.3, -0.25) is 14.4 Å². The van der Waals surface area contributed by atoms with Gasteiger partial charge < -0.3 is 29.9 Å². The second-order valence-electron chi connectivity index (χ2n) is 10.4. The number of benzene rings is 1. The predicted octanol–water partition coefficient (Wildman–Crippen LogP) is 2.62. The van der Waals surface area contributed by atoms with Crippen LogP contribution in [-0.2, 0) is 15.8 Å². The zero-order chi connectivity index (χ0) is 30.3. The molecule has 2 fully saturated rings. The molecule has 3 amide bonds. The van der Waals surface area contributed by atoms with E-state index in [9.17, 15) is 37.1 Å². The Morgan fingerprint density at radius 3 is 2.37 bits per heavy atom. The number of nitrogens with zero attached hydrogens (tertiary/aromatic N) is 4. The van der Waals surface area contributed by atoms with Gasteiger partial charge in [0.25, 0.3) is 11.8 Å². The molecule has 0 bridgehead atoms. The standard InChI is InChI=1S/C27H31F4N5O5/c1-15(2)21(33-22(37)18-13-16(27(29,30)31)5-7-19(18)28)23(38)35-11-9-26(10-12-35)24(39)34(3)25(40)36(26)17-6-8-20(41-4)32-14-17/h5-8,13-15,21,25,40H,9-12H2,1-4H3,(H,33,37). The van der Waals surface area contributed by atoms with Gasteiger partial charge in [0.1, 0.15) is 17.4 Å². The van der Waals surface area contributed by atoms with Crippen molar-refractivity contribution >= 4 is 23.4 Å². The van der Waals surface area contributed by atoms with Gasteiger partial charge in [0, 0.05) is 26.2 Å². The van der Waals surface area contributed by atoms with Crippen molar-refractivity contribution in [2.24, 2.45) is 5.92 Å². The van der Waals surface area contributed by atoms with E-state index in [0.717, 1.165) is 0 Å². The number of piperidine rings is 1. The summed E-state index contributed by atoms with van der Waals surface area (Å²) in [5.41, 5.74) is -2.71. The van der Waals surface area contributed by atoms with Gasteiger partial charge in [-0.15, -0.1) is 0 Å². The number of carbonyl (C=O) groups is 3. The monoisotopic (exact) mass is 581 g/mol. The number of carbonyl (C=O) groups excluding carboxylic acids is 3. The molecule has 1 spiro atoms. The summed E-state index contributed by atoms with van der Waals surface area (Å²) in [6.45, 7) is 3.45. The lowest BCUT2D eigenvalue weighted by molar-refractivity contribution is -0.140. The van der Waals surface area contributed by atoms with Crippen LogP contribution in [0.15, 0.2) is 36.5 Å². The average molecular weight is 582 g/mol. The number of pyridine rings is 1. The van der Waals surface area contributed by atoms with Crippen LogP contribution < -0.4 is 15.0 Å². The number of hydrogen-bond acceptors (Lipinski definition) is 7. The molecule has 41 heavy (non-hydrogen) atoms. The average Bonchev–Trinajstić information content (AvgIpc) is 3.11. The van der Waals surface area contributed by atoms with Gasteiger partial charge in [-0.05, 0) is 43.0 Å². The number of likely N-dealkylation sites (N-methyl/N-ethyl adjacent to an activating group) is 1. The minimum Gasteiger partial charge on any atom is -0.481 e. The molecule has 2 aliphatic rings. The van der Waals surface area contributed by atoms with Gasteiger partial charge in [-0.2, -0.15) is 13.2 Å². The second-order valence-corrected chi connectivity index (χ2v) is 10.4. The largest absolute Gasteiger partial charge is 0.481 e. The van der Waals surface area contributed by atoms with E-state index in [1.54, 1.807) is 30.9 Å². The highest BCUT2D eigenvalue weighted by molar-refractivity contribution is 5.98. The number of amides is 3. The Hall–Kier alpha value is -3.94. The van der Waals surface area contributed by atoms with E-state index in [1.807, 2.05) is 0 Å². The highest BCUT2D eigenvalue weighted by atomic mass is 19.4. The molecule has 14 heteroatoms. The maximum absolute atomic E-state index is 14.3. The van der Waals surface area contributed by atoms with Gasteiger partial charge in [-0.1, -0.05) is 13.8 Å². The molecule has 2 aliphatic heterocycles. The van der Waals surface area contributed by atoms with Gasteiger partial charge in [0.2, 0.25) is 18.1 Å². The van der Waals surface area contributed by atoms with Crippen molar-refractivity contribution in [1.82, 2.24) is 20.1 Å². The molecule has 1 aromatic carbocycles. The van der Waals surface area contributed by atoms with E-state index in [-0.39, 0.29) is 31.8 Å². The van der Waals surface area contributed by atoms with Gasteiger partial charge >= 0.3 is 6.18 Å². The van der Waals surface area contributed by atoms with Crippen LogP contribution in [0, 0.1) is 11.7 Å². The van der Waals surface area contributed by atoms with Crippen molar-refractivity contribution in [2.45, 2.75) is 50.8 Å². The van der Waals surface area contributed by atoms with Gasteiger partial charge in [-0.25, -0.2) is 9.37 Å². The number of anilines is 1. The number of alkyl halides is 3. The fraction of sp³-hybridized carbons (Fsp3) is 0.481. The molecule has 3 heterocycles. The summed E-state index contributed by atoms with van der Waals surface area (Å²) in [6, 6.07) is 3.60. The van der Waals surface area contributed by atoms with Gasteiger partial charge in [0.05, 0.1) is 30.1 Å². The second kappa shape index (κ2) is 11.1. The highest BCUT2D eigenvalue weighted by Gasteiger charge is 2.57. The molecule has 0 radical (unpaired) electrons. The van der Waals surface area contributed by atoms with Crippen LogP contribution >= 0.6 is 0 Å². The summed E-state index contributed by atoms with van der Waals surface area (Å²) >= 11 is 0. The van der Waals surface area contributed by atoms with Gasteiger partial charge in [0.15, 0.2) is 0 Å². The van der Waals surface area contributed by atoms with Crippen molar-refractivity contribution in [3.05, 3.63) is 53.5 Å². The van der Waals surface area contributed by atoms with Crippen molar-refractivity contribution in [3.8, 4) is 5.88 Å². The van der Waals surface area contributed by atoms with Crippen LogP contribution in [0.4, 0.5) is 23.2 Å². The Labute approximate surface area is 233 Å². The first-order valence-corrected chi connectivity index (χ1v) is 12.9. The molecule has 1 aromatic heterocycles. The lowest BCUT2D eigenvalue weighted by Gasteiger charge is -2.44. The number of methoxy groups -OCH3 is 1. The lowest BCUT2D eigenvalue weighted by atomic mass is 9.85. The van der Waals surface area contributed by atoms with Crippen molar-refractivity contribution in [2.75, 3.05) is 32.1 Å². The van der Waals surface area contributed by atoms with Crippen LogP contribution in [-0.4, -0.2) is 82.8 Å². The summed E-state index contributed by atoms with van der Waals surface area (Å²) in [4.78, 5) is 48.1. The molecular formula is C27H31F4N5O5. The normalized spacial score (nSPS) is 19.6. The van der Waals surface area contributed by atoms with E-state index in [1.165, 1.54) is 30.2 Å².